The molecule has 20 heavy (non-hydrogen) atoms. The van der Waals surface area contributed by atoms with Crippen LogP contribution < -0.4 is 10.6 Å². The third-order valence-corrected chi connectivity index (χ3v) is 3.54. The van der Waals surface area contributed by atoms with E-state index in [2.05, 4.69) is 10.6 Å². The van der Waals surface area contributed by atoms with E-state index in [0.29, 0.717) is 18.5 Å². The van der Waals surface area contributed by atoms with Gasteiger partial charge in [0.2, 0.25) is 0 Å². The van der Waals surface area contributed by atoms with E-state index >= 15 is 0 Å². The van der Waals surface area contributed by atoms with Gasteiger partial charge in [-0.3, -0.25) is 0 Å². The number of nitrogens with one attached hydrogen (secondary N) is 2. The van der Waals surface area contributed by atoms with Crippen LogP contribution in [0.2, 0.25) is 0 Å². The molecule has 118 valence electrons. The van der Waals surface area contributed by atoms with Gasteiger partial charge in [0.25, 0.3) is 0 Å². The lowest BCUT2D eigenvalue weighted by molar-refractivity contribution is 0.0517. The van der Waals surface area contributed by atoms with Gasteiger partial charge in [0.15, 0.2) is 0 Å². The molecule has 1 aliphatic carbocycles. The van der Waals surface area contributed by atoms with Gasteiger partial charge in [-0.15, -0.1) is 0 Å². The molecule has 1 rings (SSSR count). The Morgan fingerprint density at radius 3 is 2.70 bits per heavy atom. The van der Waals surface area contributed by atoms with Crippen LogP contribution in [0.3, 0.4) is 0 Å². The average Bonchev–Trinajstić information content (AvgIpc) is 2.71. The lowest BCUT2D eigenvalue weighted by atomic mass is 10.0. The molecule has 0 saturated heterocycles. The second kappa shape index (κ2) is 7.84. The van der Waals surface area contributed by atoms with Crippen molar-refractivity contribution >= 4 is 6.09 Å². The molecular weight excluding hydrogens is 256 g/mol. The van der Waals surface area contributed by atoms with Crippen LogP contribution in [0.15, 0.2) is 0 Å². The Morgan fingerprint density at radius 1 is 1.40 bits per heavy atom. The number of hydrogen-bond donors (Lipinski definition) is 3. The molecule has 0 spiro atoms. The highest BCUT2D eigenvalue weighted by atomic mass is 16.6. The van der Waals surface area contributed by atoms with Gasteiger partial charge in [0.1, 0.15) is 5.60 Å². The summed E-state index contributed by atoms with van der Waals surface area (Å²) < 4.78 is 5.24. The Kier molecular flexibility index (Phi) is 6.76. The second-order valence-electron chi connectivity index (χ2n) is 6.77. The number of carbonyl (C=O) groups excluding carboxylic acids is 1. The van der Waals surface area contributed by atoms with Gasteiger partial charge >= 0.3 is 6.09 Å². The van der Waals surface area contributed by atoms with Crippen LogP contribution in [0.4, 0.5) is 4.79 Å². The number of alkyl carbamates (subject to hydrolysis) is 1. The smallest absolute Gasteiger partial charge is 0.407 e. The fourth-order valence-corrected chi connectivity index (χ4v) is 2.56. The van der Waals surface area contributed by atoms with Crippen LogP contribution in [0.25, 0.3) is 0 Å². The predicted octanol–water partition coefficient (Wildman–Crippen LogP) is 2.04. The number of aliphatic hydroxyl groups is 1. The molecule has 1 fully saturated rings. The van der Waals surface area contributed by atoms with Crippen molar-refractivity contribution in [2.24, 2.45) is 5.92 Å². The summed E-state index contributed by atoms with van der Waals surface area (Å²) in [7, 11) is 0. The Bertz CT molecular complexity index is 300. The van der Waals surface area contributed by atoms with Gasteiger partial charge in [-0.2, -0.15) is 0 Å². The molecule has 3 N–H and O–H groups in total. The number of hydrogen-bond acceptors (Lipinski definition) is 4. The van der Waals surface area contributed by atoms with Crippen LogP contribution >= 0.6 is 0 Å². The lowest BCUT2D eigenvalue weighted by Gasteiger charge is -2.24. The minimum absolute atomic E-state index is 0.262. The number of carbonyl (C=O) groups is 1. The summed E-state index contributed by atoms with van der Waals surface area (Å²) in [5, 5.41) is 15.6. The summed E-state index contributed by atoms with van der Waals surface area (Å²) in [5.41, 5.74) is -0.450. The van der Waals surface area contributed by atoms with Crippen molar-refractivity contribution in [3.8, 4) is 0 Å². The van der Waals surface area contributed by atoms with Gasteiger partial charge in [-0.25, -0.2) is 4.79 Å². The molecule has 0 aliphatic heterocycles. The quantitative estimate of drug-likeness (QED) is 0.699. The van der Waals surface area contributed by atoms with E-state index in [4.69, 9.17) is 4.74 Å². The highest BCUT2D eigenvalue weighted by molar-refractivity contribution is 5.67. The van der Waals surface area contributed by atoms with Crippen molar-refractivity contribution < 1.29 is 14.6 Å². The molecule has 5 nitrogen and oxygen atoms in total. The normalized spacial score (nSPS) is 24.4. The standard InChI is InChI=1S/C15H30N2O3/c1-11(18)8-9-16-13-7-5-6-12(13)10-17-14(19)20-15(2,3)4/h11-13,16,18H,5-10H2,1-4H3,(H,17,19). The average molecular weight is 286 g/mol. The molecule has 3 unspecified atom stereocenters. The summed E-state index contributed by atoms with van der Waals surface area (Å²) in [6.07, 6.45) is 3.62. The largest absolute Gasteiger partial charge is 0.444 e. The summed E-state index contributed by atoms with van der Waals surface area (Å²) >= 11 is 0. The van der Waals surface area contributed by atoms with E-state index in [1.54, 1.807) is 6.92 Å². The fraction of sp³-hybridized carbons (Fsp3) is 0.933. The maximum absolute atomic E-state index is 11.6. The Morgan fingerprint density at radius 2 is 2.10 bits per heavy atom. The van der Waals surface area contributed by atoms with E-state index in [-0.39, 0.29) is 12.2 Å². The molecule has 0 bridgehead atoms. The van der Waals surface area contributed by atoms with Crippen LogP contribution in [-0.2, 0) is 4.74 Å². The third-order valence-electron chi connectivity index (χ3n) is 3.54. The Balaban J connectivity index is 2.26. The molecule has 0 aromatic carbocycles. The van der Waals surface area contributed by atoms with E-state index in [0.717, 1.165) is 25.8 Å². The molecule has 1 saturated carbocycles. The zero-order chi connectivity index (χ0) is 15.2. The molecule has 0 aromatic rings. The second-order valence-corrected chi connectivity index (χ2v) is 6.77. The number of rotatable bonds is 6. The van der Waals surface area contributed by atoms with E-state index < -0.39 is 5.60 Å². The maximum Gasteiger partial charge on any atom is 0.407 e. The summed E-state index contributed by atoms with van der Waals surface area (Å²) in [6.45, 7) is 8.87. The zero-order valence-corrected chi connectivity index (χ0v) is 13.2. The number of ether oxygens (including phenoxy) is 1. The van der Waals surface area contributed by atoms with Crippen LogP contribution in [-0.4, -0.2) is 42.0 Å². The monoisotopic (exact) mass is 286 g/mol. The first-order chi connectivity index (χ1) is 9.28. The van der Waals surface area contributed by atoms with Crippen LogP contribution in [0.5, 0.6) is 0 Å². The first kappa shape index (κ1) is 17.2. The molecule has 0 heterocycles. The van der Waals surface area contributed by atoms with E-state index in [1.807, 2.05) is 20.8 Å². The first-order valence-corrected chi connectivity index (χ1v) is 7.66. The van der Waals surface area contributed by atoms with Crippen molar-refractivity contribution in [3.63, 3.8) is 0 Å². The van der Waals surface area contributed by atoms with Crippen molar-refractivity contribution in [1.29, 1.82) is 0 Å². The van der Waals surface area contributed by atoms with Crippen molar-refractivity contribution in [3.05, 3.63) is 0 Å². The molecule has 5 heteroatoms. The van der Waals surface area contributed by atoms with Gasteiger partial charge < -0.3 is 20.5 Å². The molecule has 0 aromatic heterocycles. The molecule has 0 radical (unpaired) electrons. The SMILES string of the molecule is CC(O)CCNC1CCCC1CNC(=O)OC(C)(C)C. The van der Waals surface area contributed by atoms with Gasteiger partial charge in [0.05, 0.1) is 6.10 Å². The molecular formula is C15H30N2O3. The van der Waals surface area contributed by atoms with Gasteiger partial charge in [-0.05, 0) is 59.4 Å². The molecule has 1 aliphatic rings. The highest BCUT2D eigenvalue weighted by Crippen LogP contribution is 2.25. The number of amides is 1. The minimum Gasteiger partial charge on any atom is -0.444 e. The third kappa shape index (κ3) is 7.10. The minimum atomic E-state index is -0.450. The van der Waals surface area contributed by atoms with Gasteiger partial charge in [-0.1, -0.05) is 6.42 Å². The summed E-state index contributed by atoms with van der Waals surface area (Å²) in [4.78, 5) is 11.6. The topological polar surface area (TPSA) is 70.6 Å². The Hall–Kier alpha value is -0.810. The fourth-order valence-electron chi connectivity index (χ4n) is 2.56. The lowest BCUT2D eigenvalue weighted by Crippen LogP contribution is -2.41. The Labute approximate surface area is 122 Å². The van der Waals surface area contributed by atoms with Crippen molar-refractivity contribution in [1.82, 2.24) is 10.6 Å². The van der Waals surface area contributed by atoms with Crippen molar-refractivity contribution in [2.45, 2.75) is 71.1 Å². The summed E-state index contributed by atoms with van der Waals surface area (Å²) in [6, 6.07) is 0.434. The summed E-state index contributed by atoms with van der Waals surface area (Å²) in [5.74, 6) is 0.455. The zero-order valence-electron chi connectivity index (χ0n) is 13.2. The number of aliphatic hydroxyl groups excluding tert-OH is 1. The first-order valence-electron chi connectivity index (χ1n) is 7.66. The van der Waals surface area contributed by atoms with Crippen LogP contribution in [0.1, 0.15) is 53.4 Å². The van der Waals surface area contributed by atoms with E-state index in [1.165, 1.54) is 6.42 Å². The highest BCUT2D eigenvalue weighted by Gasteiger charge is 2.27. The maximum atomic E-state index is 11.6. The van der Waals surface area contributed by atoms with Gasteiger partial charge in [0, 0.05) is 12.6 Å². The van der Waals surface area contributed by atoms with Crippen molar-refractivity contribution in [2.75, 3.05) is 13.1 Å². The van der Waals surface area contributed by atoms with Crippen LogP contribution in [0, 0.1) is 5.92 Å². The van der Waals surface area contributed by atoms with E-state index in [9.17, 15) is 9.90 Å². The molecule has 1 amide bonds. The predicted molar refractivity (Wildman–Crippen MR) is 79.7 cm³/mol. The molecule has 3 atom stereocenters.